The van der Waals surface area contributed by atoms with E-state index in [2.05, 4.69) is 127 Å². The molecular formula is C48H35N3S. The highest BCUT2D eigenvalue weighted by Crippen LogP contribution is 2.44. The first-order chi connectivity index (χ1) is 25.5. The molecule has 0 aliphatic rings. The summed E-state index contributed by atoms with van der Waals surface area (Å²) in [5, 5.41) is 18.7. The van der Waals surface area contributed by atoms with Gasteiger partial charge in [0.1, 0.15) is 0 Å². The van der Waals surface area contributed by atoms with Crippen molar-refractivity contribution in [1.29, 1.82) is 5.41 Å². The van der Waals surface area contributed by atoms with Gasteiger partial charge in [-0.2, -0.15) is 0 Å². The van der Waals surface area contributed by atoms with Crippen LogP contribution in [0.3, 0.4) is 0 Å². The third-order valence-corrected chi connectivity index (χ3v) is 11.0. The first-order valence-electron chi connectivity index (χ1n) is 17.5. The van der Waals surface area contributed by atoms with Crippen LogP contribution in [0.4, 0.5) is 0 Å². The first-order valence-corrected chi connectivity index (χ1v) is 18.3. The van der Waals surface area contributed by atoms with Crippen LogP contribution in [0.15, 0.2) is 176 Å². The molecule has 3 nitrogen and oxygen atoms in total. The molecule has 0 spiro atoms. The van der Waals surface area contributed by atoms with Gasteiger partial charge in [0.2, 0.25) is 0 Å². The predicted molar refractivity (Wildman–Crippen MR) is 225 cm³/mol. The Labute approximate surface area is 306 Å². The standard InChI is InChI=1S/C41H27N3S.C7H8/c42-34(25-9-2-1-3-10-25)24-35(43)27-11-8-12-28(23-27)44-36-15-6-4-13-29(36)31-21-20-30-32(41(31)44)19-17-26-18-22-38-40(39(26)30)33-14-5-7-16-37(33)45-38;1-7-5-3-2-4-6-7/h1-24,42H,43H2;2-6H,1H3/b35-24-,42-34?;. The SMILES string of the molecule is Cc1ccccc1.N=C(/C=C(\N)c1cccc(-n2c3ccccc3c3ccc4c(ccc5ccc6sc7ccccc7c6c54)c32)c1)c1ccccc1. The van der Waals surface area contributed by atoms with Crippen molar-refractivity contribution in [2.24, 2.45) is 5.73 Å². The molecule has 10 aromatic rings. The number of hydrogen-bond donors (Lipinski definition) is 2. The van der Waals surface area contributed by atoms with E-state index in [0.717, 1.165) is 22.3 Å². The highest BCUT2D eigenvalue weighted by Gasteiger charge is 2.18. The topological polar surface area (TPSA) is 54.8 Å². The molecule has 10 rings (SSSR count). The van der Waals surface area contributed by atoms with Gasteiger partial charge in [-0.05, 0) is 70.6 Å². The minimum atomic E-state index is 0.389. The quantitative estimate of drug-likeness (QED) is 0.141. The molecule has 0 aliphatic carbocycles. The van der Waals surface area contributed by atoms with Crippen molar-refractivity contribution in [3.05, 3.63) is 193 Å². The lowest BCUT2D eigenvalue weighted by molar-refractivity contribution is 1.18. The molecule has 2 heterocycles. The molecule has 8 aromatic carbocycles. The fourth-order valence-corrected chi connectivity index (χ4v) is 8.59. The highest BCUT2D eigenvalue weighted by molar-refractivity contribution is 7.26. The second-order valence-corrected chi connectivity index (χ2v) is 14.3. The Kier molecular flexibility index (Phi) is 7.87. The lowest BCUT2D eigenvalue weighted by Gasteiger charge is -2.13. The zero-order valence-electron chi connectivity index (χ0n) is 28.7. The van der Waals surface area contributed by atoms with Gasteiger partial charge in [0.05, 0.1) is 16.7 Å². The molecule has 4 heteroatoms. The molecule has 0 aliphatic heterocycles. The zero-order valence-corrected chi connectivity index (χ0v) is 29.5. The average molecular weight is 686 g/mol. The van der Waals surface area contributed by atoms with E-state index in [0.29, 0.717) is 11.4 Å². The maximum atomic E-state index is 8.61. The fourth-order valence-electron chi connectivity index (χ4n) is 7.47. The second kappa shape index (κ2) is 13.0. The number of allylic oxidation sites excluding steroid dienone is 1. The Morgan fingerprint density at radius 1 is 0.558 bits per heavy atom. The molecule has 0 atom stereocenters. The van der Waals surface area contributed by atoms with Crippen molar-refractivity contribution in [3.63, 3.8) is 0 Å². The number of rotatable bonds is 4. The lowest BCUT2D eigenvalue weighted by Crippen LogP contribution is -2.03. The van der Waals surface area contributed by atoms with E-state index in [1.54, 1.807) is 6.08 Å². The van der Waals surface area contributed by atoms with Crippen molar-refractivity contribution in [3.8, 4) is 5.69 Å². The van der Waals surface area contributed by atoms with Crippen molar-refractivity contribution in [1.82, 2.24) is 4.57 Å². The van der Waals surface area contributed by atoms with Gasteiger partial charge in [-0.1, -0.05) is 145 Å². The number of nitrogens with two attached hydrogens (primary N) is 1. The third-order valence-electron chi connectivity index (χ3n) is 9.91. The fraction of sp³-hybridized carbons (Fsp3) is 0.0208. The van der Waals surface area contributed by atoms with E-state index in [1.807, 2.05) is 65.9 Å². The highest BCUT2D eigenvalue weighted by atomic mass is 32.1. The van der Waals surface area contributed by atoms with E-state index >= 15 is 0 Å². The van der Waals surface area contributed by atoms with Crippen molar-refractivity contribution in [2.75, 3.05) is 0 Å². The molecule has 0 bridgehead atoms. The summed E-state index contributed by atoms with van der Waals surface area (Å²) in [5.74, 6) is 0. The molecule has 52 heavy (non-hydrogen) atoms. The van der Waals surface area contributed by atoms with Crippen LogP contribution in [0.5, 0.6) is 0 Å². The molecule has 0 radical (unpaired) electrons. The summed E-state index contributed by atoms with van der Waals surface area (Å²) >= 11 is 1.86. The molecule has 0 saturated carbocycles. The predicted octanol–water partition coefficient (Wildman–Crippen LogP) is 12.8. The molecule has 0 amide bonds. The van der Waals surface area contributed by atoms with Gasteiger partial charge >= 0.3 is 0 Å². The summed E-state index contributed by atoms with van der Waals surface area (Å²) in [4.78, 5) is 0. The van der Waals surface area contributed by atoms with Crippen LogP contribution in [0.1, 0.15) is 16.7 Å². The first kappa shape index (κ1) is 31.5. The second-order valence-electron chi connectivity index (χ2n) is 13.2. The van der Waals surface area contributed by atoms with Gasteiger partial charge < -0.3 is 15.7 Å². The smallest absolute Gasteiger partial charge is 0.0632 e. The molecule has 0 saturated heterocycles. The van der Waals surface area contributed by atoms with Gasteiger partial charge in [-0.25, -0.2) is 0 Å². The number of fused-ring (bicyclic) bond motifs is 11. The third kappa shape index (κ3) is 5.41. The summed E-state index contributed by atoms with van der Waals surface area (Å²) in [5.41, 5.74) is 14.0. The van der Waals surface area contributed by atoms with Crippen molar-refractivity contribution in [2.45, 2.75) is 6.92 Å². The van der Waals surface area contributed by atoms with Crippen LogP contribution in [-0.2, 0) is 0 Å². The van der Waals surface area contributed by atoms with Crippen LogP contribution in [0.25, 0.3) is 74.9 Å². The Balaban J connectivity index is 0.000000464. The molecule has 3 N–H and O–H groups in total. The summed E-state index contributed by atoms with van der Waals surface area (Å²) < 4.78 is 5.01. The number of nitrogens with zero attached hydrogens (tertiary/aromatic N) is 1. The normalized spacial score (nSPS) is 11.8. The Morgan fingerprint density at radius 3 is 1.98 bits per heavy atom. The molecule has 248 valence electrons. The van der Waals surface area contributed by atoms with E-state index < -0.39 is 0 Å². The van der Waals surface area contributed by atoms with Crippen LogP contribution in [-0.4, -0.2) is 10.3 Å². The van der Waals surface area contributed by atoms with E-state index in [-0.39, 0.29) is 0 Å². The minimum Gasteiger partial charge on any atom is -0.398 e. The van der Waals surface area contributed by atoms with Crippen LogP contribution in [0.2, 0.25) is 0 Å². The maximum absolute atomic E-state index is 8.61. The number of aryl methyl sites for hydroxylation is 1. The van der Waals surface area contributed by atoms with Gasteiger partial charge in [-0.15, -0.1) is 11.3 Å². The molecule has 0 fully saturated rings. The Morgan fingerprint density at radius 2 is 1.19 bits per heavy atom. The van der Waals surface area contributed by atoms with Gasteiger partial charge in [0.25, 0.3) is 0 Å². The molecule has 2 aromatic heterocycles. The number of thiophene rings is 1. The molecular weight excluding hydrogens is 651 g/mol. The minimum absolute atomic E-state index is 0.389. The summed E-state index contributed by atoms with van der Waals surface area (Å²) in [6.07, 6.45) is 1.75. The lowest BCUT2D eigenvalue weighted by atomic mass is 9.96. The van der Waals surface area contributed by atoms with Crippen LogP contribution in [0, 0.1) is 12.3 Å². The van der Waals surface area contributed by atoms with Gasteiger partial charge in [0.15, 0.2) is 0 Å². The average Bonchev–Trinajstić information content (AvgIpc) is 3.75. The van der Waals surface area contributed by atoms with Crippen molar-refractivity contribution >= 4 is 86.3 Å². The number of nitrogens with one attached hydrogen (secondary N) is 1. The largest absolute Gasteiger partial charge is 0.398 e. The maximum Gasteiger partial charge on any atom is 0.0632 e. The van der Waals surface area contributed by atoms with Gasteiger partial charge in [0, 0.05) is 47.7 Å². The summed E-state index contributed by atoms with van der Waals surface area (Å²) in [6, 6.07) is 59.4. The van der Waals surface area contributed by atoms with Crippen LogP contribution >= 0.6 is 11.3 Å². The number of benzene rings is 8. The Bertz CT molecular complexity index is 2990. The Hall–Kier alpha value is -6.49. The van der Waals surface area contributed by atoms with Crippen LogP contribution < -0.4 is 5.73 Å². The number of aromatic nitrogens is 1. The summed E-state index contributed by atoms with van der Waals surface area (Å²) in [6.45, 7) is 2.08. The molecule has 0 unspecified atom stereocenters. The monoisotopic (exact) mass is 685 g/mol. The number of para-hydroxylation sites is 1. The van der Waals surface area contributed by atoms with Crippen molar-refractivity contribution < 1.29 is 0 Å². The zero-order chi connectivity index (χ0) is 35.2. The summed E-state index contributed by atoms with van der Waals surface area (Å²) in [7, 11) is 0. The van der Waals surface area contributed by atoms with E-state index in [4.69, 9.17) is 11.1 Å². The van der Waals surface area contributed by atoms with Gasteiger partial charge in [-0.3, -0.25) is 0 Å². The van der Waals surface area contributed by atoms with E-state index in [9.17, 15) is 0 Å². The number of hydrogen-bond acceptors (Lipinski definition) is 3. The van der Waals surface area contributed by atoms with E-state index in [1.165, 1.54) is 63.6 Å².